The molecule has 1 aromatic heterocycles. The van der Waals surface area contributed by atoms with E-state index in [1.165, 1.54) is 0 Å². The number of hydrogen-bond donors (Lipinski definition) is 1. The van der Waals surface area contributed by atoms with Crippen molar-refractivity contribution >= 4 is 0 Å². The van der Waals surface area contributed by atoms with Gasteiger partial charge in [-0.2, -0.15) is 0 Å². The molecule has 0 saturated heterocycles. The molecule has 1 aromatic rings. The van der Waals surface area contributed by atoms with Crippen LogP contribution < -0.4 is 5.73 Å². The highest BCUT2D eigenvalue weighted by atomic mass is 15.2. The average Bonchev–Trinajstić information content (AvgIpc) is 2.14. The van der Waals surface area contributed by atoms with Crippen LogP contribution in [0.25, 0.3) is 0 Å². The van der Waals surface area contributed by atoms with Crippen molar-refractivity contribution in [1.82, 2.24) is 14.9 Å². The highest BCUT2D eigenvalue weighted by Gasteiger charge is 2.29. The van der Waals surface area contributed by atoms with Gasteiger partial charge in [0.25, 0.3) is 0 Å². The van der Waals surface area contributed by atoms with Crippen LogP contribution in [-0.4, -0.2) is 34.0 Å². The van der Waals surface area contributed by atoms with Crippen molar-refractivity contribution in [3.63, 3.8) is 0 Å². The van der Waals surface area contributed by atoms with Crippen LogP contribution in [0.4, 0.5) is 0 Å². The molecule has 1 aliphatic carbocycles. The van der Waals surface area contributed by atoms with Gasteiger partial charge in [0.05, 0.1) is 5.69 Å². The molecule has 0 bridgehead atoms. The number of aromatic nitrogens is 2. The van der Waals surface area contributed by atoms with Crippen LogP contribution in [0.3, 0.4) is 0 Å². The minimum Gasteiger partial charge on any atom is -0.328 e. The van der Waals surface area contributed by atoms with E-state index in [1.54, 1.807) is 12.4 Å². The van der Waals surface area contributed by atoms with E-state index in [1.807, 2.05) is 6.20 Å². The van der Waals surface area contributed by atoms with Crippen molar-refractivity contribution in [3.05, 3.63) is 24.3 Å². The molecule has 2 rings (SSSR count). The normalized spacial score (nSPS) is 26.2. The van der Waals surface area contributed by atoms with Gasteiger partial charge in [-0.05, 0) is 19.9 Å². The summed E-state index contributed by atoms with van der Waals surface area (Å²) in [5.41, 5.74) is 6.77. The third-order valence-electron chi connectivity index (χ3n) is 2.80. The van der Waals surface area contributed by atoms with Gasteiger partial charge in [0.2, 0.25) is 0 Å². The standard InChI is InChI=1S/C10H16N4/c1-14(10-4-8(11)5-10)7-9-6-12-2-3-13-9/h2-3,6,8,10H,4-5,7,11H2,1H3. The van der Waals surface area contributed by atoms with E-state index in [0.29, 0.717) is 12.1 Å². The summed E-state index contributed by atoms with van der Waals surface area (Å²) >= 11 is 0. The Hall–Kier alpha value is -1.00. The largest absolute Gasteiger partial charge is 0.328 e. The number of nitrogens with zero attached hydrogens (tertiary/aromatic N) is 3. The quantitative estimate of drug-likeness (QED) is 0.753. The molecule has 2 N–H and O–H groups in total. The topological polar surface area (TPSA) is 55.0 Å². The Morgan fingerprint density at radius 2 is 2.29 bits per heavy atom. The molecule has 0 spiro atoms. The summed E-state index contributed by atoms with van der Waals surface area (Å²) in [4.78, 5) is 10.6. The maximum Gasteiger partial charge on any atom is 0.0726 e. The molecule has 0 aliphatic heterocycles. The molecule has 1 heterocycles. The molecule has 76 valence electrons. The van der Waals surface area contributed by atoms with Crippen LogP contribution in [0.15, 0.2) is 18.6 Å². The van der Waals surface area contributed by atoms with Crippen molar-refractivity contribution < 1.29 is 0 Å². The molecule has 0 amide bonds. The Morgan fingerprint density at radius 1 is 1.50 bits per heavy atom. The maximum absolute atomic E-state index is 5.75. The van der Waals surface area contributed by atoms with Gasteiger partial charge in [0, 0.05) is 37.2 Å². The summed E-state index contributed by atoms with van der Waals surface area (Å²) in [6.45, 7) is 0.866. The Labute approximate surface area is 84.2 Å². The van der Waals surface area contributed by atoms with Gasteiger partial charge < -0.3 is 5.73 Å². The van der Waals surface area contributed by atoms with E-state index < -0.39 is 0 Å². The molecular weight excluding hydrogens is 176 g/mol. The summed E-state index contributed by atoms with van der Waals surface area (Å²) in [6.07, 6.45) is 7.46. The van der Waals surface area contributed by atoms with Gasteiger partial charge in [-0.15, -0.1) is 0 Å². The first-order valence-electron chi connectivity index (χ1n) is 4.96. The maximum atomic E-state index is 5.75. The highest BCUT2D eigenvalue weighted by molar-refractivity contribution is 4.97. The van der Waals surface area contributed by atoms with Crippen LogP contribution in [0.5, 0.6) is 0 Å². The molecule has 1 saturated carbocycles. The fourth-order valence-electron chi connectivity index (χ4n) is 1.79. The summed E-state index contributed by atoms with van der Waals surface area (Å²) in [7, 11) is 2.12. The van der Waals surface area contributed by atoms with Crippen LogP contribution in [0, 0.1) is 0 Å². The predicted molar refractivity (Wildman–Crippen MR) is 54.5 cm³/mol. The van der Waals surface area contributed by atoms with Crippen molar-refractivity contribution in [3.8, 4) is 0 Å². The first-order chi connectivity index (χ1) is 6.75. The van der Waals surface area contributed by atoms with Gasteiger partial charge in [0.1, 0.15) is 0 Å². The van der Waals surface area contributed by atoms with Gasteiger partial charge in [-0.3, -0.25) is 14.9 Å². The van der Waals surface area contributed by atoms with E-state index in [0.717, 1.165) is 25.1 Å². The summed E-state index contributed by atoms with van der Waals surface area (Å²) in [5.74, 6) is 0. The minimum absolute atomic E-state index is 0.407. The Balaban J connectivity index is 1.86. The van der Waals surface area contributed by atoms with Crippen LogP contribution in [-0.2, 0) is 6.54 Å². The first kappa shape index (κ1) is 9.55. The molecule has 1 fully saturated rings. The molecule has 4 heteroatoms. The Morgan fingerprint density at radius 3 is 2.86 bits per heavy atom. The molecule has 0 unspecified atom stereocenters. The zero-order chi connectivity index (χ0) is 9.97. The van der Waals surface area contributed by atoms with Crippen molar-refractivity contribution in [2.45, 2.75) is 31.5 Å². The lowest BCUT2D eigenvalue weighted by Gasteiger charge is -2.39. The third-order valence-corrected chi connectivity index (χ3v) is 2.80. The zero-order valence-corrected chi connectivity index (χ0v) is 8.43. The van der Waals surface area contributed by atoms with E-state index in [4.69, 9.17) is 5.73 Å². The van der Waals surface area contributed by atoms with E-state index in [9.17, 15) is 0 Å². The fourth-order valence-corrected chi connectivity index (χ4v) is 1.79. The number of rotatable bonds is 3. The lowest BCUT2D eigenvalue weighted by atomic mass is 9.86. The average molecular weight is 192 g/mol. The second kappa shape index (κ2) is 4.02. The summed E-state index contributed by atoms with van der Waals surface area (Å²) in [5, 5.41) is 0. The molecular formula is C10H16N4. The number of hydrogen-bond acceptors (Lipinski definition) is 4. The minimum atomic E-state index is 0.407. The SMILES string of the molecule is CN(Cc1cnccn1)C1CC(N)C1. The predicted octanol–water partition coefficient (Wildman–Crippen LogP) is 0.398. The molecule has 14 heavy (non-hydrogen) atoms. The van der Waals surface area contributed by atoms with Crippen molar-refractivity contribution in [1.29, 1.82) is 0 Å². The molecule has 0 aromatic carbocycles. The van der Waals surface area contributed by atoms with Crippen molar-refractivity contribution in [2.24, 2.45) is 5.73 Å². The Kier molecular flexibility index (Phi) is 2.74. The van der Waals surface area contributed by atoms with E-state index in [-0.39, 0.29) is 0 Å². The smallest absolute Gasteiger partial charge is 0.0726 e. The second-order valence-corrected chi connectivity index (χ2v) is 4.00. The fraction of sp³-hybridized carbons (Fsp3) is 0.600. The number of nitrogens with two attached hydrogens (primary N) is 1. The van der Waals surface area contributed by atoms with Gasteiger partial charge in [-0.25, -0.2) is 0 Å². The van der Waals surface area contributed by atoms with Crippen LogP contribution in [0.1, 0.15) is 18.5 Å². The summed E-state index contributed by atoms with van der Waals surface area (Å²) < 4.78 is 0. The lowest BCUT2D eigenvalue weighted by molar-refractivity contribution is 0.131. The molecule has 4 nitrogen and oxygen atoms in total. The van der Waals surface area contributed by atoms with Crippen molar-refractivity contribution in [2.75, 3.05) is 7.05 Å². The van der Waals surface area contributed by atoms with Crippen LogP contribution in [0.2, 0.25) is 0 Å². The Bertz CT molecular complexity index is 281. The monoisotopic (exact) mass is 192 g/mol. The molecule has 1 aliphatic rings. The van der Waals surface area contributed by atoms with E-state index in [2.05, 4.69) is 21.9 Å². The van der Waals surface area contributed by atoms with Crippen LogP contribution >= 0.6 is 0 Å². The molecule has 0 atom stereocenters. The second-order valence-electron chi connectivity index (χ2n) is 4.00. The van der Waals surface area contributed by atoms with E-state index >= 15 is 0 Å². The highest BCUT2D eigenvalue weighted by Crippen LogP contribution is 2.23. The van der Waals surface area contributed by atoms with Gasteiger partial charge in [-0.1, -0.05) is 0 Å². The van der Waals surface area contributed by atoms with Gasteiger partial charge >= 0.3 is 0 Å². The molecule has 0 radical (unpaired) electrons. The lowest BCUT2D eigenvalue weighted by Crippen LogP contribution is -2.48. The zero-order valence-electron chi connectivity index (χ0n) is 8.43. The first-order valence-corrected chi connectivity index (χ1v) is 4.96. The van der Waals surface area contributed by atoms with Gasteiger partial charge in [0.15, 0.2) is 0 Å². The summed E-state index contributed by atoms with van der Waals surface area (Å²) in [6, 6.07) is 1.04. The third kappa shape index (κ3) is 2.08.